The fourth-order valence-corrected chi connectivity index (χ4v) is 4.07. The Morgan fingerprint density at radius 1 is 1.25 bits per heavy atom. The predicted molar refractivity (Wildman–Crippen MR) is 73.5 cm³/mol. The fraction of sp³-hybridized carbons (Fsp3) is 0.500. The molecule has 0 radical (unpaired) electrons. The van der Waals surface area contributed by atoms with Gasteiger partial charge in [0, 0.05) is 22.0 Å². The molecule has 2 heterocycles. The van der Waals surface area contributed by atoms with Crippen molar-refractivity contribution in [1.29, 1.82) is 0 Å². The third kappa shape index (κ3) is 1.91. The standard InChI is InChI=1S/C12H14Br2N2/c13-9-5-8-7-16-4-2-1-3-11(16)15-12(8)10(14)6-9/h5-6,11,15H,1-4,7H2/t11-/m0/s1. The van der Waals surface area contributed by atoms with Crippen LogP contribution in [0.2, 0.25) is 0 Å². The molecule has 0 spiro atoms. The van der Waals surface area contributed by atoms with Crippen LogP contribution >= 0.6 is 31.9 Å². The molecule has 86 valence electrons. The summed E-state index contributed by atoms with van der Waals surface area (Å²) in [5.41, 5.74) is 2.67. The maximum absolute atomic E-state index is 3.65. The van der Waals surface area contributed by atoms with Gasteiger partial charge in [0.1, 0.15) is 0 Å². The van der Waals surface area contributed by atoms with E-state index in [1.165, 1.54) is 41.5 Å². The average Bonchev–Trinajstić information content (AvgIpc) is 2.27. The molecule has 0 aromatic heterocycles. The van der Waals surface area contributed by atoms with Crippen LogP contribution in [0.15, 0.2) is 21.1 Å². The van der Waals surface area contributed by atoms with E-state index in [9.17, 15) is 0 Å². The van der Waals surface area contributed by atoms with Gasteiger partial charge in [0.2, 0.25) is 0 Å². The van der Waals surface area contributed by atoms with Gasteiger partial charge in [-0.25, -0.2) is 0 Å². The van der Waals surface area contributed by atoms with Crippen molar-refractivity contribution in [1.82, 2.24) is 4.90 Å². The van der Waals surface area contributed by atoms with Crippen molar-refractivity contribution >= 4 is 37.5 Å². The number of anilines is 1. The smallest absolute Gasteiger partial charge is 0.0796 e. The molecule has 1 fully saturated rings. The first-order valence-electron chi connectivity index (χ1n) is 5.72. The predicted octanol–water partition coefficient (Wildman–Crippen LogP) is 3.95. The number of benzene rings is 1. The molecule has 1 saturated heterocycles. The van der Waals surface area contributed by atoms with Crippen LogP contribution in [0.5, 0.6) is 0 Å². The number of hydrogen-bond acceptors (Lipinski definition) is 2. The van der Waals surface area contributed by atoms with Gasteiger partial charge in [-0.2, -0.15) is 0 Å². The van der Waals surface area contributed by atoms with Crippen LogP contribution in [-0.2, 0) is 6.54 Å². The molecule has 0 amide bonds. The Hall–Kier alpha value is -0.0600. The van der Waals surface area contributed by atoms with Crippen molar-refractivity contribution in [2.24, 2.45) is 0 Å². The lowest BCUT2D eigenvalue weighted by Gasteiger charge is -2.41. The van der Waals surface area contributed by atoms with Gasteiger partial charge < -0.3 is 5.32 Å². The van der Waals surface area contributed by atoms with Gasteiger partial charge in [0.05, 0.1) is 11.9 Å². The summed E-state index contributed by atoms with van der Waals surface area (Å²) in [4.78, 5) is 2.55. The Labute approximate surface area is 113 Å². The number of nitrogens with zero attached hydrogens (tertiary/aromatic N) is 1. The topological polar surface area (TPSA) is 15.3 Å². The average molecular weight is 346 g/mol. The van der Waals surface area contributed by atoms with Gasteiger partial charge in [-0.1, -0.05) is 15.9 Å². The molecule has 4 heteroatoms. The van der Waals surface area contributed by atoms with E-state index in [1.807, 2.05) is 0 Å². The second-order valence-corrected chi connectivity index (χ2v) is 6.32. The van der Waals surface area contributed by atoms with E-state index in [0.717, 1.165) is 11.0 Å². The summed E-state index contributed by atoms with van der Waals surface area (Å²) < 4.78 is 2.32. The first kappa shape index (κ1) is 11.1. The van der Waals surface area contributed by atoms with Gasteiger partial charge in [-0.05, 0) is 52.9 Å². The number of fused-ring (bicyclic) bond motifs is 2. The zero-order valence-corrected chi connectivity index (χ0v) is 12.1. The summed E-state index contributed by atoms with van der Waals surface area (Å²) in [5, 5.41) is 3.65. The highest BCUT2D eigenvalue weighted by atomic mass is 79.9. The Balaban J connectivity index is 1.98. The van der Waals surface area contributed by atoms with Crippen molar-refractivity contribution in [3.05, 3.63) is 26.6 Å². The fourth-order valence-electron chi connectivity index (χ4n) is 2.64. The van der Waals surface area contributed by atoms with Crippen LogP contribution in [0.1, 0.15) is 24.8 Å². The second kappa shape index (κ2) is 4.31. The third-order valence-electron chi connectivity index (χ3n) is 3.43. The molecule has 2 aliphatic heterocycles. The van der Waals surface area contributed by atoms with Crippen LogP contribution in [0.25, 0.3) is 0 Å². The van der Waals surface area contributed by atoms with E-state index in [2.05, 4.69) is 54.2 Å². The minimum Gasteiger partial charge on any atom is -0.368 e. The number of hydrogen-bond donors (Lipinski definition) is 1. The quantitative estimate of drug-likeness (QED) is 0.765. The number of rotatable bonds is 0. The zero-order chi connectivity index (χ0) is 11.1. The van der Waals surface area contributed by atoms with Crippen molar-refractivity contribution in [3.8, 4) is 0 Å². The molecule has 1 N–H and O–H groups in total. The summed E-state index contributed by atoms with van der Waals surface area (Å²) >= 11 is 7.19. The zero-order valence-electron chi connectivity index (χ0n) is 8.97. The summed E-state index contributed by atoms with van der Waals surface area (Å²) in [5.74, 6) is 0. The molecule has 2 aliphatic rings. The first-order valence-corrected chi connectivity index (χ1v) is 7.31. The molecule has 1 aromatic rings. The summed E-state index contributed by atoms with van der Waals surface area (Å²) in [7, 11) is 0. The normalized spacial score (nSPS) is 24.5. The summed E-state index contributed by atoms with van der Waals surface area (Å²) in [6.07, 6.45) is 4.49. The molecular formula is C12H14Br2N2. The van der Waals surface area contributed by atoms with Crippen molar-refractivity contribution in [2.45, 2.75) is 32.0 Å². The lowest BCUT2D eigenvalue weighted by atomic mass is 10.0. The monoisotopic (exact) mass is 344 g/mol. The Kier molecular flexibility index (Phi) is 2.98. The van der Waals surface area contributed by atoms with Gasteiger partial charge in [0.15, 0.2) is 0 Å². The maximum Gasteiger partial charge on any atom is 0.0796 e. The van der Waals surface area contributed by atoms with E-state index in [4.69, 9.17) is 0 Å². The van der Waals surface area contributed by atoms with Gasteiger partial charge in [-0.3, -0.25) is 4.90 Å². The highest BCUT2D eigenvalue weighted by molar-refractivity contribution is 9.11. The van der Waals surface area contributed by atoms with E-state index >= 15 is 0 Å². The first-order chi connectivity index (χ1) is 7.74. The molecule has 0 aliphatic carbocycles. The summed E-state index contributed by atoms with van der Waals surface area (Å²) in [6, 6.07) is 4.34. The molecule has 0 unspecified atom stereocenters. The van der Waals surface area contributed by atoms with Crippen LogP contribution in [0.4, 0.5) is 5.69 Å². The number of halogens is 2. The maximum atomic E-state index is 3.65. The molecule has 0 bridgehead atoms. The van der Waals surface area contributed by atoms with Crippen molar-refractivity contribution in [2.75, 3.05) is 11.9 Å². The number of nitrogens with one attached hydrogen (secondary N) is 1. The molecule has 1 aromatic carbocycles. The molecule has 1 atom stereocenters. The lowest BCUT2D eigenvalue weighted by Crippen LogP contribution is -2.46. The van der Waals surface area contributed by atoms with E-state index < -0.39 is 0 Å². The molecular weight excluding hydrogens is 332 g/mol. The van der Waals surface area contributed by atoms with Crippen LogP contribution < -0.4 is 5.32 Å². The Morgan fingerprint density at radius 2 is 2.12 bits per heavy atom. The minimum atomic E-state index is 0.540. The molecule has 0 saturated carbocycles. The van der Waals surface area contributed by atoms with E-state index in [0.29, 0.717) is 6.17 Å². The Bertz CT molecular complexity index is 420. The van der Waals surface area contributed by atoms with Crippen molar-refractivity contribution < 1.29 is 0 Å². The van der Waals surface area contributed by atoms with Crippen LogP contribution in [0.3, 0.4) is 0 Å². The second-order valence-electron chi connectivity index (χ2n) is 4.55. The van der Waals surface area contributed by atoms with Crippen LogP contribution in [0, 0.1) is 0 Å². The molecule has 16 heavy (non-hydrogen) atoms. The largest absolute Gasteiger partial charge is 0.368 e. The highest BCUT2D eigenvalue weighted by Crippen LogP contribution is 2.37. The van der Waals surface area contributed by atoms with E-state index in [1.54, 1.807) is 0 Å². The SMILES string of the molecule is Brc1cc(Br)c2c(c1)CN1CCCC[C@H]1N2. The number of piperidine rings is 1. The van der Waals surface area contributed by atoms with Gasteiger partial charge in [-0.15, -0.1) is 0 Å². The minimum absolute atomic E-state index is 0.540. The van der Waals surface area contributed by atoms with Gasteiger partial charge in [0.25, 0.3) is 0 Å². The molecule has 2 nitrogen and oxygen atoms in total. The van der Waals surface area contributed by atoms with E-state index in [-0.39, 0.29) is 0 Å². The third-order valence-corrected chi connectivity index (χ3v) is 4.52. The van der Waals surface area contributed by atoms with Gasteiger partial charge >= 0.3 is 0 Å². The lowest BCUT2D eigenvalue weighted by molar-refractivity contribution is 0.151. The molecule has 3 rings (SSSR count). The van der Waals surface area contributed by atoms with Crippen LogP contribution in [-0.4, -0.2) is 17.6 Å². The van der Waals surface area contributed by atoms with Crippen molar-refractivity contribution in [3.63, 3.8) is 0 Å². The Morgan fingerprint density at radius 3 is 3.00 bits per heavy atom. The summed E-state index contributed by atoms with van der Waals surface area (Å²) in [6.45, 7) is 2.30. The highest BCUT2D eigenvalue weighted by Gasteiger charge is 2.28.